The largest absolute Gasteiger partial charge is 0.417 e. The molecule has 2 spiro atoms. The number of hydrogen-bond acceptors (Lipinski definition) is 22. The lowest BCUT2D eigenvalue weighted by atomic mass is 9.70. The molecular weight excluding hydrogens is 1640 g/mol. The number of Topliss-reactive ketones (excluding diaryl/α,β-unsaturated/α-hetero) is 2. The fraction of sp³-hybridized carbons (Fsp3) is 0.840. The quantitative estimate of drug-likeness (QED) is 0.148. The van der Waals surface area contributed by atoms with Crippen LogP contribution in [0.2, 0.25) is 36.3 Å². The highest BCUT2D eigenvalue weighted by Gasteiger charge is 2.71. The molecule has 22 nitrogen and oxygen atoms in total. The second-order valence-corrected chi connectivity index (χ2v) is 55.1. The highest BCUT2D eigenvalue weighted by molar-refractivity contribution is 7.51. The average molecular weight is 1790 g/mol. The molecule has 39 atom stereocenters. The minimum atomic E-state index is -1.93. The van der Waals surface area contributed by atoms with Crippen LogP contribution >= 0.6 is 0 Å². The maximum Gasteiger partial charge on any atom is 0.335 e. The molecule has 20 saturated heterocycles. The zero-order valence-electron chi connectivity index (χ0n) is 78.1. The molecule has 1 aromatic carbocycles. The van der Waals surface area contributed by atoms with E-state index in [9.17, 15) is 4.79 Å². The first-order chi connectivity index (χ1) is 59.3. The topological polar surface area (TPSA) is 234 Å². The summed E-state index contributed by atoms with van der Waals surface area (Å²) >= 11 is -0.750. The Morgan fingerprint density at radius 1 is 0.432 bits per heavy atom. The van der Waals surface area contributed by atoms with Gasteiger partial charge in [-0.3, -0.25) is 9.59 Å². The van der Waals surface area contributed by atoms with Crippen molar-refractivity contribution >= 4 is 39.8 Å². The van der Waals surface area contributed by atoms with E-state index >= 15 is 4.79 Å². The van der Waals surface area contributed by atoms with Gasteiger partial charge in [-0.15, -0.1) is 0 Å². The lowest BCUT2D eigenvalue weighted by molar-refractivity contribution is -0.292. The van der Waals surface area contributed by atoms with Crippen LogP contribution in [0.3, 0.4) is 0 Å². The van der Waals surface area contributed by atoms with Gasteiger partial charge in [0.2, 0.25) is 0 Å². The molecule has 24 bridgehead atoms. The van der Waals surface area contributed by atoms with Crippen molar-refractivity contribution in [1.82, 2.24) is 0 Å². The highest BCUT2D eigenvalue weighted by atomic mass is 32.1. The molecular formula is C100H152O22SSi2. The van der Waals surface area contributed by atoms with Crippen LogP contribution in [0.1, 0.15) is 255 Å². The van der Waals surface area contributed by atoms with Crippen molar-refractivity contribution in [3.05, 3.63) is 84.5 Å². The average Bonchev–Trinajstić information content (AvgIpc) is 1.55. The van der Waals surface area contributed by atoms with Crippen LogP contribution in [0.25, 0.3) is 0 Å². The van der Waals surface area contributed by atoms with Gasteiger partial charge in [0, 0.05) is 82.8 Å². The summed E-state index contributed by atoms with van der Waals surface area (Å²) in [6, 6.07) is 10.5. The number of hydrogen-bond donors (Lipinski definition) is 0. The van der Waals surface area contributed by atoms with Crippen molar-refractivity contribution in [2.75, 3.05) is 13.2 Å². The van der Waals surface area contributed by atoms with Gasteiger partial charge in [-0.2, -0.15) is 8.42 Å². The fourth-order valence-corrected chi connectivity index (χ4v) is 27.3. The van der Waals surface area contributed by atoms with Crippen molar-refractivity contribution in [3.63, 3.8) is 0 Å². The Hall–Kier alpha value is -2.95. The molecule has 20 aliphatic heterocycles. The van der Waals surface area contributed by atoms with Crippen molar-refractivity contribution < 1.29 is 103 Å². The van der Waals surface area contributed by atoms with Gasteiger partial charge in [-0.1, -0.05) is 140 Å². The van der Waals surface area contributed by atoms with E-state index in [-0.39, 0.29) is 222 Å². The minimum Gasteiger partial charge on any atom is -0.417 e. The van der Waals surface area contributed by atoms with Gasteiger partial charge in [0.1, 0.15) is 72.6 Å². The second-order valence-electron chi connectivity index (χ2n) is 45.3. The summed E-state index contributed by atoms with van der Waals surface area (Å²) in [5, 5.41) is 0.299. The third-order valence-electron chi connectivity index (χ3n) is 34.4. The first-order valence-electron chi connectivity index (χ1n) is 48.9. The smallest absolute Gasteiger partial charge is 0.335 e. The summed E-state index contributed by atoms with van der Waals surface area (Å²) in [7, 11) is -3.81. The van der Waals surface area contributed by atoms with Crippen LogP contribution in [0.15, 0.2) is 78.9 Å². The molecule has 20 fully saturated rings. The van der Waals surface area contributed by atoms with Crippen LogP contribution in [-0.2, 0) is 106 Å². The Balaban J connectivity index is 0.000000172. The van der Waals surface area contributed by atoms with E-state index in [1.807, 2.05) is 6.07 Å². The van der Waals surface area contributed by atoms with Crippen molar-refractivity contribution in [2.24, 2.45) is 47.3 Å². The molecule has 125 heavy (non-hydrogen) atoms. The summed E-state index contributed by atoms with van der Waals surface area (Å²) in [6.45, 7) is 56.5. The van der Waals surface area contributed by atoms with E-state index in [1.54, 1.807) is 0 Å². The van der Waals surface area contributed by atoms with E-state index in [0.29, 0.717) is 75.2 Å². The Kier molecular flexibility index (Phi) is 28.1. The van der Waals surface area contributed by atoms with Crippen LogP contribution in [-0.4, -0.2) is 232 Å². The first-order valence-corrected chi connectivity index (χ1v) is 55.4. The lowest BCUT2D eigenvalue weighted by Crippen LogP contribution is -2.61. The van der Waals surface area contributed by atoms with E-state index in [2.05, 4.69) is 160 Å². The van der Waals surface area contributed by atoms with Gasteiger partial charge >= 0.3 is 11.6 Å². The number of rotatable bonds is 11. The number of carbonyl (C=O) groups excluding carboxylic acids is 2. The third-order valence-corrected chi connectivity index (χ3v) is 43.4. The van der Waals surface area contributed by atoms with Crippen LogP contribution in [0.5, 0.6) is 0 Å². The molecule has 698 valence electrons. The van der Waals surface area contributed by atoms with E-state index in [1.165, 1.54) is 11.1 Å². The van der Waals surface area contributed by atoms with Crippen molar-refractivity contribution in [2.45, 2.75) is 468 Å². The fourth-order valence-electron chi connectivity index (χ4n) is 25.1. The SMILES string of the molecule is C=C1C[C@@H]2CC[C@@]34C[C@H]5O[C@H]6[C@@H](O3)[C@H]3O[C@H](CC[C@@H]3O[C@H]6C5O4)CC(=O)C(c3ccccc3)[C@@H]3[C@@H](C)[C@@H](C[C@H](C)CO[Si](C)(C)C(C)(C)C)O[C@H]3CC3O[C@@H](CCC1O2)C[C@@H](C)C3=C.C=C1C[C@@H]2CC[C@@]34C[C@H]5O[C@H]6[C@@H](O3)[C@H]3O[C@H](CC[C@@H]3O[C@H]6C5O4)CC(=O)C[C@@H]3[C@@H](C)[C@@H](C[C@H](C)CO[Si](C)(C)C(C)(C)C)O[C@H]3CC3O[C@@H](CCC1O2)C[C@@H](C)C3=C.O=S=O. The predicted molar refractivity (Wildman–Crippen MR) is 477 cm³/mol. The van der Waals surface area contributed by atoms with Gasteiger partial charge in [-0.25, -0.2) is 0 Å². The van der Waals surface area contributed by atoms with Gasteiger partial charge in [0.25, 0.3) is 0 Å². The Labute approximate surface area is 751 Å². The van der Waals surface area contributed by atoms with Crippen LogP contribution in [0.4, 0.5) is 0 Å². The molecule has 20 heterocycles. The standard InChI is InChI=1S/C53H78O10Si.C47H74O10Si.O2S/c1-29(28-55-64(9,10)52(6,7)8)22-41-33(5)45-43(59-41)26-42-32(4)30(2)23-35(57-42)16-18-39-31(3)24-37(56-39)20-21-53-27-44-48(62-53)49-50(61-44)51(63-53)47-40(60-49)19-17-36(58-47)25-38(54)46(45)34-14-12-11-13-15-34;1-25(24-49-58(9,10)46(6,7)8)17-37-29(5)34-21-30(48)20-32-12-14-36-41(52-32)45-44-43(54-36)42-40(55-44)23-47(56-42,57-45)16-15-33-19-27(3)35(50-33)13-11-31-18-26(2)28(4)38(51-31)22-39(34)53-37;1-3-2/h11-15,29-30,33,35-37,39-51H,3-4,16-28H2,1-2,5-10H3;25-26,29,31-45H,3-4,11-24H2,1-2,5-10H3;/t29-,30+,33-,35-,36+,37-,39?,40-,41+,42?,43-,44+,45+,46?,47-,48?,49-,50+,51-,53-;25-,26+,29+,31-,32+,33-,34+,35?,36-,37+,38?,39-,40+,41-,42?,43-,44+,45-,47-;/m00./s1. The molecule has 7 unspecified atom stereocenters. The molecule has 1 aromatic rings. The Morgan fingerprint density at radius 2 is 0.840 bits per heavy atom. The third kappa shape index (κ3) is 19.4. The molecule has 0 saturated carbocycles. The summed E-state index contributed by atoms with van der Waals surface area (Å²) in [6.07, 6.45) is 15.6. The van der Waals surface area contributed by atoms with Crippen LogP contribution in [0, 0.1) is 47.3 Å². The lowest BCUT2D eigenvalue weighted by Gasteiger charge is -2.47. The van der Waals surface area contributed by atoms with E-state index in [4.69, 9.17) is 93.1 Å². The van der Waals surface area contributed by atoms with Gasteiger partial charge in [0.05, 0.1) is 110 Å². The zero-order valence-corrected chi connectivity index (χ0v) is 80.9. The molecule has 0 amide bonds. The van der Waals surface area contributed by atoms with Crippen molar-refractivity contribution in [3.8, 4) is 0 Å². The summed E-state index contributed by atoms with van der Waals surface area (Å²) in [5.41, 5.74) is 5.67. The first kappa shape index (κ1) is 93.8. The number of carbonyl (C=O) groups is 2. The normalized spacial score (nSPS) is 46.5. The maximum atomic E-state index is 15.4. The molecule has 0 aliphatic carbocycles. The number of ketones is 2. The molecule has 0 N–H and O–H groups in total. The number of ether oxygens (including phenoxy) is 16. The van der Waals surface area contributed by atoms with Gasteiger partial charge < -0.3 is 84.6 Å². The number of benzene rings is 1. The van der Waals surface area contributed by atoms with Gasteiger partial charge in [-0.05, 0) is 208 Å². The molecule has 20 aliphatic rings. The van der Waals surface area contributed by atoms with E-state index < -0.39 is 39.8 Å². The van der Waals surface area contributed by atoms with Crippen molar-refractivity contribution in [1.29, 1.82) is 0 Å². The molecule has 0 radical (unpaired) electrons. The number of fused-ring (bicyclic) bond motifs is 12. The van der Waals surface area contributed by atoms with Crippen LogP contribution < -0.4 is 0 Å². The molecule has 21 rings (SSSR count). The molecule has 25 heteroatoms. The Morgan fingerprint density at radius 3 is 1.32 bits per heavy atom. The van der Waals surface area contributed by atoms with E-state index in [0.717, 1.165) is 139 Å². The summed E-state index contributed by atoms with van der Waals surface area (Å²) < 4.78 is 141. The predicted octanol–water partition coefficient (Wildman–Crippen LogP) is 17.5. The highest BCUT2D eigenvalue weighted by Crippen LogP contribution is 2.59. The molecule has 0 aromatic heterocycles. The summed E-state index contributed by atoms with van der Waals surface area (Å²) in [5.74, 6) is 0.151. The minimum absolute atomic E-state index is 0.00312. The second kappa shape index (κ2) is 37.4. The maximum absolute atomic E-state index is 15.4. The Bertz CT molecular complexity index is 4050. The monoisotopic (exact) mass is 1790 g/mol. The van der Waals surface area contributed by atoms with Gasteiger partial charge in [0.15, 0.2) is 28.2 Å². The summed E-state index contributed by atoms with van der Waals surface area (Å²) in [4.78, 5) is 29.7. The zero-order chi connectivity index (χ0) is 88.5.